The number of carbonyl (C=O) groups is 2. The van der Waals surface area contributed by atoms with Crippen molar-refractivity contribution in [3.63, 3.8) is 0 Å². The smallest absolute Gasteiger partial charge is 0.309 e. The van der Waals surface area contributed by atoms with Gasteiger partial charge in [-0.1, -0.05) is 12.1 Å². The zero-order chi connectivity index (χ0) is 13.7. The molecule has 98 valence electrons. The fourth-order valence-corrected chi connectivity index (χ4v) is 1.57. The maximum Gasteiger partial charge on any atom is 0.309 e. The highest BCUT2D eigenvalue weighted by atomic mass is 16.5. The zero-order valence-electron chi connectivity index (χ0n) is 10.4. The minimum atomic E-state index is -0.359. The summed E-state index contributed by atoms with van der Waals surface area (Å²) in [5, 5.41) is 11.2. The first-order valence-corrected chi connectivity index (χ1v) is 6.11. The van der Waals surface area contributed by atoms with Crippen LogP contribution in [0, 0.1) is 17.2 Å². The van der Waals surface area contributed by atoms with Crippen LogP contribution in [0.3, 0.4) is 0 Å². The summed E-state index contributed by atoms with van der Waals surface area (Å²) >= 11 is 0. The first kappa shape index (κ1) is 13.1. The van der Waals surface area contributed by atoms with Crippen molar-refractivity contribution in [2.75, 3.05) is 11.9 Å². The molecule has 1 fully saturated rings. The van der Waals surface area contributed by atoms with Gasteiger partial charge < -0.3 is 10.1 Å². The van der Waals surface area contributed by atoms with Crippen LogP contribution in [0.5, 0.6) is 0 Å². The molecular formula is C14H14N2O3. The first-order valence-electron chi connectivity index (χ1n) is 6.11. The van der Waals surface area contributed by atoms with Gasteiger partial charge in [-0.3, -0.25) is 9.59 Å². The van der Waals surface area contributed by atoms with Gasteiger partial charge in [0.15, 0.2) is 6.61 Å². The zero-order valence-corrected chi connectivity index (χ0v) is 10.4. The largest absolute Gasteiger partial charge is 0.455 e. The second kappa shape index (κ2) is 6.01. The number of nitriles is 1. The predicted molar refractivity (Wildman–Crippen MR) is 68.1 cm³/mol. The molecule has 0 heterocycles. The Morgan fingerprint density at radius 3 is 2.58 bits per heavy atom. The highest BCUT2D eigenvalue weighted by molar-refractivity contribution is 5.93. The summed E-state index contributed by atoms with van der Waals surface area (Å²) in [5.74, 6) is -0.653. The first-order chi connectivity index (χ1) is 9.19. The molecule has 0 spiro atoms. The molecule has 0 atom stereocenters. The number of hydrogen-bond donors (Lipinski definition) is 1. The number of benzene rings is 1. The molecule has 1 aliphatic carbocycles. The lowest BCUT2D eigenvalue weighted by Crippen LogP contribution is -2.21. The topological polar surface area (TPSA) is 79.2 Å². The van der Waals surface area contributed by atoms with E-state index in [-0.39, 0.29) is 24.4 Å². The molecule has 2 rings (SSSR count). The number of esters is 1. The van der Waals surface area contributed by atoms with Crippen molar-refractivity contribution in [1.82, 2.24) is 0 Å². The van der Waals surface area contributed by atoms with Crippen LogP contribution in [0.1, 0.15) is 18.4 Å². The van der Waals surface area contributed by atoms with Gasteiger partial charge in [-0.05, 0) is 30.5 Å². The molecule has 0 unspecified atom stereocenters. The van der Waals surface area contributed by atoms with Crippen molar-refractivity contribution in [3.8, 4) is 6.07 Å². The standard InChI is InChI=1S/C14H14N2O3/c15-8-7-10-1-5-12(6-2-10)16-13(17)9-19-14(18)11-3-4-11/h1-2,5-6,11H,3-4,7,9H2,(H,16,17). The highest BCUT2D eigenvalue weighted by Crippen LogP contribution is 2.29. The van der Waals surface area contributed by atoms with Crippen LogP contribution in [0.15, 0.2) is 24.3 Å². The molecular weight excluding hydrogens is 244 g/mol. The van der Waals surface area contributed by atoms with E-state index < -0.39 is 0 Å². The maximum atomic E-state index is 11.5. The molecule has 1 N–H and O–H groups in total. The Labute approximate surface area is 111 Å². The molecule has 1 aliphatic rings. The van der Waals surface area contributed by atoms with Gasteiger partial charge >= 0.3 is 5.97 Å². The maximum absolute atomic E-state index is 11.5. The number of ether oxygens (including phenoxy) is 1. The molecule has 19 heavy (non-hydrogen) atoms. The Balaban J connectivity index is 1.77. The van der Waals surface area contributed by atoms with Gasteiger partial charge in [-0.15, -0.1) is 0 Å². The van der Waals surface area contributed by atoms with E-state index in [9.17, 15) is 9.59 Å². The number of nitrogens with one attached hydrogen (secondary N) is 1. The van der Waals surface area contributed by atoms with Gasteiger partial charge in [0.1, 0.15) is 0 Å². The van der Waals surface area contributed by atoms with E-state index in [1.54, 1.807) is 24.3 Å². The fraction of sp³-hybridized carbons (Fsp3) is 0.357. The SMILES string of the molecule is N#CCc1ccc(NC(=O)COC(=O)C2CC2)cc1. The summed E-state index contributed by atoms with van der Waals surface area (Å²) in [6.45, 7) is -0.255. The molecule has 0 aromatic heterocycles. The average Bonchev–Trinajstić information content (AvgIpc) is 3.23. The van der Waals surface area contributed by atoms with Gasteiger partial charge in [0.05, 0.1) is 18.4 Å². The van der Waals surface area contributed by atoms with E-state index in [4.69, 9.17) is 10.00 Å². The molecule has 1 aromatic rings. The monoisotopic (exact) mass is 258 g/mol. The minimum absolute atomic E-state index is 0.00179. The van der Waals surface area contributed by atoms with Gasteiger partial charge in [-0.2, -0.15) is 5.26 Å². The second-order valence-corrected chi connectivity index (χ2v) is 4.46. The lowest BCUT2D eigenvalue weighted by atomic mass is 10.1. The Hall–Kier alpha value is -2.35. The third-order valence-corrected chi connectivity index (χ3v) is 2.78. The number of carbonyl (C=O) groups excluding carboxylic acids is 2. The quantitative estimate of drug-likeness (QED) is 0.814. The van der Waals surface area contributed by atoms with Crippen LogP contribution in [-0.4, -0.2) is 18.5 Å². The van der Waals surface area contributed by atoms with Gasteiger partial charge in [-0.25, -0.2) is 0 Å². The predicted octanol–water partition coefficient (Wildman–Crippen LogP) is 1.64. The Kier molecular flexibility index (Phi) is 4.14. The minimum Gasteiger partial charge on any atom is -0.455 e. The van der Waals surface area contributed by atoms with Crippen molar-refractivity contribution in [2.45, 2.75) is 19.3 Å². The summed E-state index contributed by atoms with van der Waals surface area (Å²) in [7, 11) is 0. The van der Waals surface area contributed by atoms with E-state index in [1.807, 2.05) is 6.07 Å². The van der Waals surface area contributed by atoms with Gasteiger partial charge in [0, 0.05) is 5.69 Å². The van der Waals surface area contributed by atoms with Crippen molar-refractivity contribution in [1.29, 1.82) is 5.26 Å². The molecule has 1 amide bonds. The molecule has 5 heteroatoms. The summed E-state index contributed by atoms with van der Waals surface area (Å²) < 4.78 is 4.87. The third kappa shape index (κ3) is 4.11. The van der Waals surface area contributed by atoms with Crippen molar-refractivity contribution < 1.29 is 14.3 Å². The third-order valence-electron chi connectivity index (χ3n) is 2.78. The van der Waals surface area contributed by atoms with Crippen LogP contribution in [0.2, 0.25) is 0 Å². The van der Waals surface area contributed by atoms with Crippen molar-refractivity contribution in [3.05, 3.63) is 29.8 Å². The lowest BCUT2D eigenvalue weighted by Gasteiger charge is -2.06. The van der Waals surface area contributed by atoms with Crippen LogP contribution in [0.25, 0.3) is 0 Å². The van der Waals surface area contributed by atoms with Crippen LogP contribution >= 0.6 is 0 Å². The van der Waals surface area contributed by atoms with Crippen LogP contribution in [0.4, 0.5) is 5.69 Å². The molecule has 1 saturated carbocycles. The number of anilines is 1. The van der Waals surface area contributed by atoms with Crippen LogP contribution < -0.4 is 5.32 Å². The van der Waals surface area contributed by atoms with Gasteiger partial charge in [0.25, 0.3) is 5.91 Å². The Morgan fingerprint density at radius 2 is 2.00 bits per heavy atom. The summed E-state index contributed by atoms with van der Waals surface area (Å²) in [5.41, 5.74) is 1.51. The van der Waals surface area contributed by atoms with Gasteiger partial charge in [0.2, 0.25) is 0 Å². The number of hydrogen-bond acceptors (Lipinski definition) is 4. The van der Waals surface area contributed by atoms with Crippen LogP contribution in [-0.2, 0) is 20.7 Å². The van der Waals surface area contributed by atoms with Crippen molar-refractivity contribution in [2.24, 2.45) is 5.92 Å². The number of rotatable bonds is 5. The van der Waals surface area contributed by atoms with Crippen molar-refractivity contribution >= 4 is 17.6 Å². The van der Waals surface area contributed by atoms with E-state index in [0.717, 1.165) is 18.4 Å². The summed E-state index contributed by atoms with van der Waals surface area (Å²) in [6.07, 6.45) is 2.06. The number of nitrogens with zero attached hydrogens (tertiary/aromatic N) is 1. The van der Waals surface area contributed by atoms with E-state index in [0.29, 0.717) is 12.1 Å². The summed E-state index contributed by atoms with van der Waals surface area (Å²) in [4.78, 5) is 22.8. The second-order valence-electron chi connectivity index (χ2n) is 4.46. The fourth-order valence-electron chi connectivity index (χ4n) is 1.57. The summed E-state index contributed by atoms with van der Waals surface area (Å²) in [6, 6.07) is 9.03. The van der Waals surface area contributed by atoms with E-state index in [2.05, 4.69) is 5.32 Å². The molecule has 1 aromatic carbocycles. The molecule has 0 radical (unpaired) electrons. The highest BCUT2D eigenvalue weighted by Gasteiger charge is 2.31. The molecule has 5 nitrogen and oxygen atoms in total. The lowest BCUT2D eigenvalue weighted by molar-refractivity contribution is -0.148. The molecule has 0 bridgehead atoms. The average molecular weight is 258 g/mol. The Morgan fingerprint density at radius 1 is 1.32 bits per heavy atom. The van der Waals surface area contributed by atoms with E-state index >= 15 is 0 Å². The molecule has 0 saturated heterocycles. The number of amides is 1. The Bertz CT molecular complexity index is 512. The normalized spacial score (nSPS) is 13.4. The molecule has 0 aliphatic heterocycles. The van der Waals surface area contributed by atoms with E-state index in [1.165, 1.54) is 0 Å².